The molecule has 1 N–H and O–H groups in total. The van der Waals surface area contributed by atoms with E-state index in [1.54, 1.807) is 18.3 Å². The minimum atomic E-state index is -0.823. The molecular weight excluding hydrogens is 250 g/mol. The fourth-order valence-corrected chi connectivity index (χ4v) is 2.77. The van der Waals surface area contributed by atoms with Gasteiger partial charge in [0, 0.05) is 16.8 Å². The van der Waals surface area contributed by atoms with Crippen LogP contribution in [0.5, 0.6) is 0 Å². The predicted octanol–water partition coefficient (Wildman–Crippen LogP) is 2.01. The average molecular weight is 269 g/mol. The van der Waals surface area contributed by atoms with Crippen LogP contribution in [0.2, 0.25) is 0 Å². The van der Waals surface area contributed by atoms with Crippen LogP contribution in [0.4, 0.5) is 0 Å². The standard InChI is InChI=1S/C13H19NO3S/c1-5-17-12(16)11(15)14-8-13(3,4)10-9(2)6-7-18-10/h6-7H,5,8H2,1-4H3,(H,14,15). The van der Waals surface area contributed by atoms with Crippen LogP contribution >= 0.6 is 11.3 Å². The number of aryl methyl sites for hydroxylation is 1. The summed E-state index contributed by atoms with van der Waals surface area (Å²) < 4.78 is 4.63. The predicted molar refractivity (Wildman–Crippen MR) is 71.7 cm³/mol. The number of nitrogens with one attached hydrogen (secondary N) is 1. The van der Waals surface area contributed by atoms with Crippen molar-refractivity contribution in [1.82, 2.24) is 5.32 Å². The molecule has 0 saturated heterocycles. The van der Waals surface area contributed by atoms with E-state index in [9.17, 15) is 9.59 Å². The first kappa shape index (κ1) is 14.7. The van der Waals surface area contributed by atoms with Gasteiger partial charge in [0.15, 0.2) is 0 Å². The molecule has 1 aromatic rings. The van der Waals surface area contributed by atoms with Crippen LogP contribution in [-0.2, 0) is 19.7 Å². The van der Waals surface area contributed by atoms with Gasteiger partial charge in [-0.3, -0.25) is 4.79 Å². The van der Waals surface area contributed by atoms with Gasteiger partial charge in [0.1, 0.15) is 0 Å². The molecule has 0 aliphatic heterocycles. The van der Waals surface area contributed by atoms with E-state index in [1.807, 2.05) is 26.2 Å². The monoisotopic (exact) mass is 269 g/mol. The van der Waals surface area contributed by atoms with Gasteiger partial charge in [0.05, 0.1) is 6.61 Å². The zero-order valence-corrected chi connectivity index (χ0v) is 12.0. The molecule has 0 unspecified atom stereocenters. The molecule has 0 radical (unpaired) electrons. The molecule has 1 amide bonds. The van der Waals surface area contributed by atoms with Crippen LogP contribution in [0.3, 0.4) is 0 Å². The number of esters is 1. The first-order chi connectivity index (χ1) is 8.38. The molecule has 0 atom stereocenters. The zero-order valence-electron chi connectivity index (χ0n) is 11.2. The molecule has 0 aliphatic rings. The highest BCUT2D eigenvalue weighted by Gasteiger charge is 2.26. The quantitative estimate of drug-likeness (QED) is 0.672. The van der Waals surface area contributed by atoms with Crippen molar-refractivity contribution in [3.63, 3.8) is 0 Å². The number of amides is 1. The number of ether oxygens (including phenoxy) is 1. The van der Waals surface area contributed by atoms with Gasteiger partial charge in [0.2, 0.25) is 0 Å². The van der Waals surface area contributed by atoms with Crippen LogP contribution in [0.15, 0.2) is 11.4 Å². The van der Waals surface area contributed by atoms with E-state index < -0.39 is 11.9 Å². The summed E-state index contributed by atoms with van der Waals surface area (Å²) in [7, 11) is 0. The average Bonchev–Trinajstić information content (AvgIpc) is 2.73. The number of hydrogen-bond acceptors (Lipinski definition) is 4. The zero-order chi connectivity index (χ0) is 13.8. The first-order valence-corrected chi connectivity index (χ1v) is 6.76. The summed E-state index contributed by atoms with van der Waals surface area (Å²) in [5.74, 6) is -1.50. The topological polar surface area (TPSA) is 55.4 Å². The second-order valence-corrected chi connectivity index (χ2v) is 5.64. The largest absolute Gasteiger partial charge is 0.459 e. The minimum Gasteiger partial charge on any atom is -0.459 e. The minimum absolute atomic E-state index is 0.194. The van der Waals surface area contributed by atoms with E-state index in [1.165, 1.54) is 10.4 Å². The van der Waals surface area contributed by atoms with E-state index in [0.29, 0.717) is 6.54 Å². The first-order valence-electron chi connectivity index (χ1n) is 5.88. The summed E-state index contributed by atoms with van der Waals surface area (Å²) >= 11 is 1.66. The van der Waals surface area contributed by atoms with Crippen molar-refractivity contribution in [3.8, 4) is 0 Å². The molecule has 0 spiro atoms. The van der Waals surface area contributed by atoms with Crippen molar-refractivity contribution in [2.75, 3.05) is 13.2 Å². The highest BCUT2D eigenvalue weighted by atomic mass is 32.1. The van der Waals surface area contributed by atoms with Gasteiger partial charge in [0.25, 0.3) is 0 Å². The molecule has 1 heterocycles. The smallest absolute Gasteiger partial charge is 0.396 e. The van der Waals surface area contributed by atoms with Crippen LogP contribution in [0.25, 0.3) is 0 Å². The molecule has 0 fully saturated rings. The summed E-state index contributed by atoms with van der Waals surface area (Å²) in [6, 6.07) is 2.05. The molecule has 4 nitrogen and oxygen atoms in total. The Morgan fingerprint density at radius 1 is 1.44 bits per heavy atom. The highest BCUT2D eigenvalue weighted by molar-refractivity contribution is 7.10. The maximum atomic E-state index is 11.5. The third-order valence-corrected chi connectivity index (χ3v) is 4.01. The molecule has 0 saturated carbocycles. The molecule has 0 bridgehead atoms. The number of rotatable bonds is 4. The summed E-state index contributed by atoms with van der Waals surface area (Å²) in [6.07, 6.45) is 0. The van der Waals surface area contributed by atoms with Gasteiger partial charge in [-0.15, -0.1) is 11.3 Å². The Hall–Kier alpha value is -1.36. The lowest BCUT2D eigenvalue weighted by molar-refractivity contribution is -0.154. The Kier molecular flexibility index (Phi) is 4.90. The Labute approximate surface area is 111 Å². The third-order valence-electron chi connectivity index (χ3n) is 2.63. The van der Waals surface area contributed by atoms with Crippen LogP contribution < -0.4 is 5.32 Å². The molecule has 1 rings (SSSR count). The van der Waals surface area contributed by atoms with E-state index in [0.717, 1.165) is 0 Å². The maximum Gasteiger partial charge on any atom is 0.396 e. The second kappa shape index (κ2) is 6.00. The fraction of sp³-hybridized carbons (Fsp3) is 0.538. The van der Waals surface area contributed by atoms with Gasteiger partial charge < -0.3 is 10.1 Å². The second-order valence-electron chi connectivity index (χ2n) is 4.72. The molecule has 0 aliphatic carbocycles. The van der Waals surface area contributed by atoms with Gasteiger partial charge in [-0.1, -0.05) is 13.8 Å². The molecule has 5 heteroatoms. The third kappa shape index (κ3) is 3.57. The van der Waals surface area contributed by atoms with E-state index in [-0.39, 0.29) is 12.0 Å². The van der Waals surface area contributed by atoms with Crippen molar-refractivity contribution in [2.24, 2.45) is 0 Å². The van der Waals surface area contributed by atoms with E-state index >= 15 is 0 Å². The SMILES string of the molecule is CCOC(=O)C(=O)NCC(C)(C)c1sccc1C. The summed E-state index contributed by atoms with van der Waals surface area (Å²) in [5.41, 5.74) is 1.01. The molecule has 0 aromatic carbocycles. The van der Waals surface area contributed by atoms with Gasteiger partial charge >= 0.3 is 11.9 Å². The normalized spacial score (nSPS) is 11.1. The number of hydrogen-bond donors (Lipinski definition) is 1. The molecule has 18 heavy (non-hydrogen) atoms. The summed E-state index contributed by atoms with van der Waals surface area (Å²) in [6.45, 7) is 8.41. The lowest BCUT2D eigenvalue weighted by atomic mass is 9.89. The Morgan fingerprint density at radius 3 is 2.61 bits per heavy atom. The van der Waals surface area contributed by atoms with Crippen molar-refractivity contribution >= 4 is 23.2 Å². The van der Waals surface area contributed by atoms with Crippen molar-refractivity contribution in [3.05, 3.63) is 21.9 Å². The molecule has 1 aromatic heterocycles. The van der Waals surface area contributed by atoms with Crippen molar-refractivity contribution < 1.29 is 14.3 Å². The maximum absolute atomic E-state index is 11.5. The van der Waals surface area contributed by atoms with Crippen molar-refractivity contribution in [1.29, 1.82) is 0 Å². The number of carbonyl (C=O) groups excluding carboxylic acids is 2. The van der Waals surface area contributed by atoms with Gasteiger partial charge in [-0.2, -0.15) is 0 Å². The number of thiophene rings is 1. The van der Waals surface area contributed by atoms with Gasteiger partial charge in [-0.05, 0) is 30.9 Å². The Balaban J connectivity index is 2.60. The van der Waals surface area contributed by atoms with Gasteiger partial charge in [-0.25, -0.2) is 4.79 Å². The summed E-state index contributed by atoms with van der Waals surface area (Å²) in [5, 5.41) is 4.64. The lowest BCUT2D eigenvalue weighted by Gasteiger charge is -2.24. The van der Waals surface area contributed by atoms with Crippen LogP contribution in [-0.4, -0.2) is 25.0 Å². The summed E-state index contributed by atoms with van der Waals surface area (Å²) in [4.78, 5) is 23.8. The molecule has 100 valence electrons. The Morgan fingerprint density at radius 2 is 2.11 bits per heavy atom. The highest BCUT2D eigenvalue weighted by Crippen LogP contribution is 2.30. The fourth-order valence-electron chi connectivity index (χ4n) is 1.72. The Bertz CT molecular complexity index is 437. The number of carbonyl (C=O) groups is 2. The van der Waals surface area contributed by atoms with Crippen molar-refractivity contribution in [2.45, 2.75) is 33.1 Å². The van der Waals surface area contributed by atoms with E-state index in [2.05, 4.69) is 16.1 Å². The van der Waals surface area contributed by atoms with Crippen LogP contribution in [0.1, 0.15) is 31.2 Å². The molecular formula is C13H19NO3S. The van der Waals surface area contributed by atoms with Crippen LogP contribution in [0, 0.1) is 6.92 Å². The lowest BCUT2D eigenvalue weighted by Crippen LogP contribution is -2.40. The van der Waals surface area contributed by atoms with E-state index in [4.69, 9.17) is 0 Å².